The summed E-state index contributed by atoms with van der Waals surface area (Å²) < 4.78 is 13.6. The molecule has 138 valence electrons. The monoisotopic (exact) mass is 348 g/mol. The van der Waals surface area contributed by atoms with Crippen LogP contribution in [0.5, 0.6) is 0 Å². The average molecular weight is 348 g/mol. The van der Waals surface area contributed by atoms with E-state index >= 15 is 0 Å². The number of amides is 2. The molecule has 0 aliphatic heterocycles. The molecule has 1 aromatic carbocycles. The molecule has 0 radical (unpaired) electrons. The van der Waals surface area contributed by atoms with E-state index in [2.05, 4.69) is 10.6 Å². The first-order valence-electron chi connectivity index (χ1n) is 9.24. The minimum absolute atomic E-state index is 0.167. The van der Waals surface area contributed by atoms with Crippen molar-refractivity contribution in [1.82, 2.24) is 10.6 Å². The zero-order chi connectivity index (χ0) is 18.3. The Morgan fingerprint density at radius 3 is 2.36 bits per heavy atom. The molecule has 0 saturated heterocycles. The lowest BCUT2D eigenvalue weighted by Gasteiger charge is -2.26. The molecule has 1 aliphatic carbocycles. The van der Waals surface area contributed by atoms with Gasteiger partial charge in [-0.2, -0.15) is 0 Å². The van der Waals surface area contributed by atoms with Crippen LogP contribution in [0.2, 0.25) is 0 Å². The second-order valence-corrected chi connectivity index (χ2v) is 7.38. The van der Waals surface area contributed by atoms with Gasteiger partial charge in [-0.1, -0.05) is 43.9 Å². The van der Waals surface area contributed by atoms with Crippen LogP contribution in [0.3, 0.4) is 0 Å². The molecule has 0 aromatic heterocycles. The molecule has 0 bridgehead atoms. The summed E-state index contributed by atoms with van der Waals surface area (Å²) in [6.45, 7) is 3.58. The van der Waals surface area contributed by atoms with Crippen molar-refractivity contribution in [2.24, 2.45) is 5.41 Å². The molecule has 2 N–H and O–H groups in total. The molecular formula is C20H29FN2O2. The first-order chi connectivity index (χ1) is 11.9. The third-order valence-corrected chi connectivity index (χ3v) is 4.96. The van der Waals surface area contributed by atoms with Gasteiger partial charge in [-0.15, -0.1) is 0 Å². The fourth-order valence-corrected chi connectivity index (χ4v) is 3.13. The molecular weight excluding hydrogens is 319 g/mol. The number of halogens is 1. The maximum Gasteiger partial charge on any atom is 0.235 e. The van der Waals surface area contributed by atoms with Gasteiger partial charge in [0.2, 0.25) is 11.8 Å². The molecule has 25 heavy (non-hydrogen) atoms. The number of nitrogens with one attached hydrogen (secondary N) is 2. The summed E-state index contributed by atoms with van der Waals surface area (Å²) in [7, 11) is 0. The second-order valence-electron chi connectivity index (χ2n) is 7.38. The standard InChI is InChI=1S/C20H29FN2O2/c1-20(2,19(25)23-16-10-5-3-4-6-11-16)18(24)22-14-13-15-9-7-8-12-17(15)21/h7-9,12,16H,3-6,10-11,13-14H2,1-2H3,(H,22,24)(H,23,25). The summed E-state index contributed by atoms with van der Waals surface area (Å²) in [5.41, 5.74) is -0.579. The van der Waals surface area contributed by atoms with Crippen LogP contribution in [0, 0.1) is 11.2 Å². The van der Waals surface area contributed by atoms with Crippen molar-refractivity contribution >= 4 is 11.8 Å². The van der Waals surface area contributed by atoms with Crippen LogP contribution in [0.1, 0.15) is 57.9 Å². The van der Waals surface area contributed by atoms with Crippen molar-refractivity contribution < 1.29 is 14.0 Å². The van der Waals surface area contributed by atoms with Gasteiger partial charge < -0.3 is 10.6 Å². The lowest BCUT2D eigenvalue weighted by atomic mass is 9.90. The van der Waals surface area contributed by atoms with Gasteiger partial charge in [-0.25, -0.2) is 4.39 Å². The topological polar surface area (TPSA) is 58.2 Å². The van der Waals surface area contributed by atoms with E-state index in [1.807, 2.05) is 0 Å². The minimum Gasteiger partial charge on any atom is -0.355 e. The summed E-state index contributed by atoms with van der Waals surface area (Å²) in [5.74, 6) is -0.833. The van der Waals surface area contributed by atoms with Gasteiger partial charge in [0.25, 0.3) is 0 Å². The van der Waals surface area contributed by atoms with Crippen molar-refractivity contribution in [3.05, 3.63) is 35.6 Å². The Bertz CT molecular complexity index is 593. The van der Waals surface area contributed by atoms with Crippen molar-refractivity contribution in [2.45, 2.75) is 64.8 Å². The molecule has 0 unspecified atom stereocenters. The number of hydrogen-bond acceptors (Lipinski definition) is 2. The van der Waals surface area contributed by atoms with Crippen molar-refractivity contribution in [3.8, 4) is 0 Å². The predicted molar refractivity (Wildman–Crippen MR) is 96.5 cm³/mol. The van der Waals surface area contributed by atoms with E-state index in [1.54, 1.807) is 32.0 Å². The van der Waals surface area contributed by atoms with E-state index in [-0.39, 0.29) is 23.7 Å². The normalized spacial score (nSPS) is 16.1. The van der Waals surface area contributed by atoms with E-state index in [9.17, 15) is 14.0 Å². The van der Waals surface area contributed by atoms with Crippen molar-refractivity contribution in [1.29, 1.82) is 0 Å². The molecule has 0 spiro atoms. The maximum absolute atomic E-state index is 13.6. The van der Waals surface area contributed by atoms with Crippen LogP contribution < -0.4 is 10.6 Å². The van der Waals surface area contributed by atoms with Crippen LogP contribution in [-0.2, 0) is 16.0 Å². The third-order valence-electron chi connectivity index (χ3n) is 4.96. The molecule has 5 heteroatoms. The molecule has 0 heterocycles. The van der Waals surface area contributed by atoms with E-state index in [4.69, 9.17) is 0 Å². The van der Waals surface area contributed by atoms with E-state index < -0.39 is 5.41 Å². The van der Waals surface area contributed by atoms with Crippen molar-refractivity contribution in [2.75, 3.05) is 6.54 Å². The van der Waals surface area contributed by atoms with Gasteiger partial charge in [-0.05, 0) is 44.7 Å². The molecule has 0 atom stereocenters. The molecule has 1 aromatic rings. The van der Waals surface area contributed by atoms with Crippen molar-refractivity contribution in [3.63, 3.8) is 0 Å². The second kappa shape index (κ2) is 8.97. The van der Waals surface area contributed by atoms with Gasteiger partial charge in [0.1, 0.15) is 11.2 Å². The van der Waals surface area contributed by atoms with Gasteiger partial charge in [-0.3, -0.25) is 9.59 Å². The van der Waals surface area contributed by atoms with Gasteiger partial charge in [0.05, 0.1) is 0 Å². The smallest absolute Gasteiger partial charge is 0.235 e. The van der Waals surface area contributed by atoms with E-state index in [0.29, 0.717) is 18.5 Å². The summed E-state index contributed by atoms with van der Waals surface area (Å²) in [6, 6.07) is 6.68. The van der Waals surface area contributed by atoms with Crippen LogP contribution in [0.15, 0.2) is 24.3 Å². The Balaban J connectivity index is 1.83. The first kappa shape index (κ1) is 19.4. The van der Waals surface area contributed by atoms with Gasteiger partial charge in [0, 0.05) is 12.6 Å². The third kappa shape index (κ3) is 5.55. The minimum atomic E-state index is -1.14. The van der Waals surface area contributed by atoms with E-state index in [1.165, 1.54) is 18.9 Å². The molecule has 2 amide bonds. The lowest BCUT2D eigenvalue weighted by Crippen LogP contribution is -2.50. The van der Waals surface area contributed by atoms with E-state index in [0.717, 1.165) is 25.7 Å². The zero-order valence-corrected chi connectivity index (χ0v) is 15.2. The highest BCUT2D eigenvalue weighted by Gasteiger charge is 2.36. The average Bonchev–Trinajstić information content (AvgIpc) is 2.85. The number of benzene rings is 1. The highest BCUT2D eigenvalue weighted by Crippen LogP contribution is 2.21. The summed E-state index contributed by atoms with van der Waals surface area (Å²) in [6.07, 6.45) is 7.05. The number of carbonyl (C=O) groups is 2. The van der Waals surface area contributed by atoms with Gasteiger partial charge >= 0.3 is 0 Å². The molecule has 1 saturated carbocycles. The fourth-order valence-electron chi connectivity index (χ4n) is 3.13. The summed E-state index contributed by atoms with van der Waals surface area (Å²) in [5, 5.41) is 5.80. The molecule has 1 fully saturated rings. The molecule has 1 aliphatic rings. The largest absolute Gasteiger partial charge is 0.355 e. The van der Waals surface area contributed by atoms with Crippen LogP contribution >= 0.6 is 0 Å². The van der Waals surface area contributed by atoms with Crippen LogP contribution in [0.25, 0.3) is 0 Å². The Morgan fingerprint density at radius 2 is 1.72 bits per heavy atom. The lowest BCUT2D eigenvalue weighted by molar-refractivity contribution is -0.141. The molecule has 2 rings (SSSR count). The Labute approximate surface area is 149 Å². The maximum atomic E-state index is 13.6. The van der Waals surface area contributed by atoms with Crippen LogP contribution in [0.4, 0.5) is 4.39 Å². The highest BCUT2D eigenvalue weighted by molar-refractivity contribution is 6.04. The Hall–Kier alpha value is -1.91. The number of carbonyl (C=O) groups excluding carboxylic acids is 2. The molecule has 4 nitrogen and oxygen atoms in total. The van der Waals surface area contributed by atoms with Gasteiger partial charge in [0.15, 0.2) is 0 Å². The number of hydrogen-bond donors (Lipinski definition) is 2. The predicted octanol–water partition coefficient (Wildman–Crippen LogP) is 3.35. The summed E-state index contributed by atoms with van der Waals surface area (Å²) in [4.78, 5) is 25.0. The van der Waals surface area contributed by atoms with Crippen LogP contribution in [-0.4, -0.2) is 24.4 Å². The summed E-state index contributed by atoms with van der Waals surface area (Å²) >= 11 is 0. The quantitative estimate of drug-likeness (QED) is 0.612. The highest BCUT2D eigenvalue weighted by atomic mass is 19.1. The fraction of sp³-hybridized carbons (Fsp3) is 0.600. The Morgan fingerprint density at radius 1 is 1.08 bits per heavy atom. The SMILES string of the molecule is CC(C)(C(=O)NCCc1ccccc1F)C(=O)NC1CCCCCC1. The Kier molecular flexibility index (Phi) is 6.97. The number of rotatable bonds is 6. The zero-order valence-electron chi connectivity index (χ0n) is 15.2. The first-order valence-corrected chi connectivity index (χ1v) is 9.24.